The summed E-state index contributed by atoms with van der Waals surface area (Å²) in [7, 11) is 0. The van der Waals surface area contributed by atoms with Gasteiger partial charge in [-0.2, -0.15) is 0 Å². The number of rotatable bonds is 3. The van der Waals surface area contributed by atoms with Gasteiger partial charge in [0.25, 0.3) is 0 Å². The summed E-state index contributed by atoms with van der Waals surface area (Å²) in [5, 5.41) is 6.40. The summed E-state index contributed by atoms with van der Waals surface area (Å²) in [6.07, 6.45) is -0.315. The molecule has 1 heterocycles. The van der Waals surface area contributed by atoms with Crippen LogP contribution in [0, 0.1) is 0 Å². The number of carbonyl (C=O) groups excluding carboxylic acids is 1. The van der Waals surface area contributed by atoms with Crippen LogP contribution in [-0.2, 0) is 4.74 Å². The predicted molar refractivity (Wildman–Crippen MR) is 104 cm³/mol. The molecule has 1 atom stereocenters. The molecule has 0 spiro atoms. The number of hydrazone groups is 1. The minimum absolute atomic E-state index is 0.0480. The maximum atomic E-state index is 12.1. The van der Waals surface area contributed by atoms with Crippen molar-refractivity contribution in [1.82, 2.24) is 0 Å². The van der Waals surface area contributed by atoms with Crippen molar-refractivity contribution in [3.63, 3.8) is 0 Å². The van der Waals surface area contributed by atoms with Crippen LogP contribution in [0.2, 0.25) is 0 Å². The third-order valence-corrected chi connectivity index (χ3v) is 4.23. The van der Waals surface area contributed by atoms with Crippen molar-refractivity contribution in [2.75, 3.05) is 5.01 Å². The second-order valence-electron chi connectivity index (χ2n) is 6.07. The number of carbonyl (C=O) groups is 1. The number of benzene rings is 3. The van der Waals surface area contributed by atoms with Crippen molar-refractivity contribution < 1.29 is 14.3 Å². The Balaban J connectivity index is 1.54. The quantitative estimate of drug-likeness (QED) is 0.479. The van der Waals surface area contributed by atoms with Crippen molar-refractivity contribution in [2.45, 2.75) is 12.5 Å². The molecule has 0 bridgehead atoms. The molecule has 0 amide bonds. The number of para-hydroxylation sites is 2. The fourth-order valence-electron chi connectivity index (χ4n) is 3.00. The van der Waals surface area contributed by atoms with Gasteiger partial charge in [-0.3, -0.25) is 5.01 Å². The minimum Gasteiger partial charge on any atom is -0.395 e. The summed E-state index contributed by atoms with van der Waals surface area (Å²) >= 11 is 0. The number of ether oxygens (including phenoxy) is 2. The molecule has 1 aliphatic rings. The fraction of sp³-hybridized carbons (Fsp3) is 0.0909. The highest BCUT2D eigenvalue weighted by Crippen LogP contribution is 2.35. The van der Waals surface area contributed by atoms with Crippen molar-refractivity contribution in [3.8, 4) is 5.75 Å². The van der Waals surface area contributed by atoms with Gasteiger partial charge >= 0.3 is 6.16 Å². The van der Waals surface area contributed by atoms with Crippen LogP contribution >= 0.6 is 0 Å². The molecule has 4 rings (SSSR count). The van der Waals surface area contributed by atoms with Crippen LogP contribution in [0.5, 0.6) is 5.75 Å². The molecule has 5 nitrogen and oxygen atoms in total. The van der Waals surface area contributed by atoms with Crippen LogP contribution in [0.1, 0.15) is 18.0 Å². The van der Waals surface area contributed by atoms with Gasteiger partial charge < -0.3 is 9.47 Å². The first-order valence-corrected chi connectivity index (χ1v) is 8.71. The van der Waals surface area contributed by atoms with Crippen LogP contribution in [-0.4, -0.2) is 12.1 Å². The lowest BCUT2D eigenvalue weighted by molar-refractivity contribution is 0.147. The molecule has 0 aromatic heterocycles. The molecule has 1 unspecified atom stereocenters. The molecule has 0 saturated heterocycles. The van der Waals surface area contributed by atoms with E-state index >= 15 is 0 Å². The molecule has 0 N–H and O–H groups in total. The number of nitrogens with zero attached hydrogens (tertiary/aromatic N) is 2. The zero-order chi connectivity index (χ0) is 18.5. The Kier molecular flexibility index (Phi) is 4.83. The summed E-state index contributed by atoms with van der Waals surface area (Å²) in [5.74, 6) is 0.759. The largest absolute Gasteiger partial charge is 0.520 e. The Hall–Kier alpha value is -3.60. The van der Waals surface area contributed by atoms with E-state index < -0.39 is 6.16 Å². The molecule has 0 radical (unpaired) electrons. The maximum Gasteiger partial charge on any atom is 0.520 e. The van der Waals surface area contributed by atoms with Crippen LogP contribution < -0.4 is 9.75 Å². The first kappa shape index (κ1) is 16.8. The normalized spacial score (nSPS) is 15.9. The summed E-state index contributed by atoms with van der Waals surface area (Å²) in [4.78, 5) is 12.1. The van der Waals surface area contributed by atoms with E-state index in [-0.39, 0.29) is 6.04 Å². The van der Waals surface area contributed by atoms with E-state index in [1.165, 1.54) is 0 Å². The van der Waals surface area contributed by atoms with E-state index in [0.29, 0.717) is 18.1 Å². The monoisotopic (exact) mass is 358 g/mol. The van der Waals surface area contributed by atoms with Gasteiger partial charge in [-0.15, -0.1) is 5.10 Å². The highest BCUT2D eigenvalue weighted by molar-refractivity contribution is 5.90. The van der Waals surface area contributed by atoms with Gasteiger partial charge in [-0.1, -0.05) is 66.7 Å². The van der Waals surface area contributed by atoms with Crippen molar-refractivity contribution in [3.05, 3.63) is 96.6 Å². The SMILES string of the molecule is O=C(OC1=NN(c2ccccc2)C(c2ccccc2)C1)Oc1ccccc1. The molecule has 0 aliphatic carbocycles. The van der Waals surface area contributed by atoms with Gasteiger partial charge in [-0.25, -0.2) is 4.79 Å². The van der Waals surface area contributed by atoms with Crippen LogP contribution in [0.4, 0.5) is 10.5 Å². The second kappa shape index (κ2) is 7.74. The Morgan fingerprint density at radius 3 is 2.07 bits per heavy atom. The Labute approximate surface area is 157 Å². The number of hydrogen-bond donors (Lipinski definition) is 0. The maximum absolute atomic E-state index is 12.1. The zero-order valence-electron chi connectivity index (χ0n) is 14.6. The van der Waals surface area contributed by atoms with E-state index in [0.717, 1.165) is 11.3 Å². The molecule has 134 valence electrons. The van der Waals surface area contributed by atoms with Crippen LogP contribution in [0.25, 0.3) is 0 Å². The molecular formula is C22H18N2O3. The second-order valence-corrected chi connectivity index (χ2v) is 6.07. The number of hydrogen-bond acceptors (Lipinski definition) is 5. The van der Waals surface area contributed by atoms with Gasteiger partial charge in [0.1, 0.15) is 5.75 Å². The van der Waals surface area contributed by atoms with Gasteiger partial charge in [0.2, 0.25) is 5.90 Å². The Morgan fingerprint density at radius 1 is 0.815 bits per heavy atom. The highest BCUT2D eigenvalue weighted by atomic mass is 16.7. The lowest BCUT2D eigenvalue weighted by atomic mass is 10.0. The molecule has 1 aliphatic heterocycles. The van der Waals surface area contributed by atoms with E-state index in [4.69, 9.17) is 9.47 Å². The van der Waals surface area contributed by atoms with Crippen molar-refractivity contribution >= 4 is 17.7 Å². The molecule has 5 heteroatoms. The average Bonchev–Trinajstić information content (AvgIpc) is 3.14. The smallest absolute Gasteiger partial charge is 0.395 e. The molecule has 3 aromatic carbocycles. The fourth-order valence-corrected chi connectivity index (χ4v) is 3.00. The van der Waals surface area contributed by atoms with Gasteiger partial charge in [-0.05, 0) is 29.8 Å². The zero-order valence-corrected chi connectivity index (χ0v) is 14.6. The van der Waals surface area contributed by atoms with Gasteiger partial charge in [0.15, 0.2) is 0 Å². The van der Waals surface area contributed by atoms with Crippen molar-refractivity contribution in [2.24, 2.45) is 5.10 Å². The van der Waals surface area contributed by atoms with Crippen LogP contribution in [0.15, 0.2) is 96.1 Å². The first-order chi connectivity index (χ1) is 13.3. The van der Waals surface area contributed by atoms with E-state index in [1.54, 1.807) is 24.3 Å². The van der Waals surface area contributed by atoms with Crippen molar-refractivity contribution in [1.29, 1.82) is 0 Å². The Bertz CT molecular complexity index is 928. The van der Waals surface area contributed by atoms with E-state index in [9.17, 15) is 4.79 Å². The number of anilines is 1. The average molecular weight is 358 g/mol. The van der Waals surface area contributed by atoms with Gasteiger partial charge in [0, 0.05) is 0 Å². The summed E-state index contributed by atoms with van der Waals surface area (Å²) in [5.41, 5.74) is 2.03. The third-order valence-electron chi connectivity index (χ3n) is 4.23. The minimum atomic E-state index is -0.790. The molecule has 0 fully saturated rings. The molecule has 0 saturated carbocycles. The molecule has 27 heavy (non-hydrogen) atoms. The predicted octanol–water partition coefficient (Wildman–Crippen LogP) is 5.17. The first-order valence-electron chi connectivity index (χ1n) is 8.71. The standard InChI is InChI=1S/C22H18N2O3/c25-22(26-19-14-8-3-9-15-19)27-21-16-20(17-10-4-1-5-11-17)24(23-21)18-12-6-2-7-13-18/h1-15,20H,16H2. The summed E-state index contributed by atoms with van der Waals surface area (Å²) in [6.45, 7) is 0. The molecular weight excluding hydrogens is 340 g/mol. The van der Waals surface area contributed by atoms with E-state index in [1.807, 2.05) is 71.7 Å². The van der Waals surface area contributed by atoms with Gasteiger partial charge in [0.05, 0.1) is 18.2 Å². The lowest BCUT2D eigenvalue weighted by Gasteiger charge is -2.23. The third kappa shape index (κ3) is 3.98. The summed E-state index contributed by atoms with van der Waals surface area (Å²) in [6, 6.07) is 28.6. The topological polar surface area (TPSA) is 51.1 Å². The van der Waals surface area contributed by atoms with E-state index in [2.05, 4.69) is 5.10 Å². The Morgan fingerprint density at radius 2 is 1.41 bits per heavy atom. The highest BCUT2D eigenvalue weighted by Gasteiger charge is 2.31. The lowest BCUT2D eigenvalue weighted by Crippen LogP contribution is -2.18. The van der Waals surface area contributed by atoms with Crippen LogP contribution in [0.3, 0.4) is 0 Å². The summed E-state index contributed by atoms with van der Waals surface area (Å²) < 4.78 is 10.6. The molecule has 3 aromatic rings.